The van der Waals surface area contributed by atoms with E-state index in [0.29, 0.717) is 29.8 Å². The number of carboxylic acids is 1. The first-order chi connectivity index (χ1) is 16.6. The summed E-state index contributed by atoms with van der Waals surface area (Å²) in [4.78, 5) is 24.4. The second-order valence-corrected chi connectivity index (χ2v) is 7.93. The molecule has 5 nitrogen and oxygen atoms in total. The molecule has 0 bridgehead atoms. The number of aliphatic carboxylic acids is 1. The minimum Gasteiger partial charge on any atom is -0.489 e. The van der Waals surface area contributed by atoms with E-state index in [4.69, 9.17) is 4.74 Å². The third-order valence-electron chi connectivity index (χ3n) is 5.43. The predicted molar refractivity (Wildman–Crippen MR) is 132 cm³/mol. The van der Waals surface area contributed by atoms with Gasteiger partial charge in [-0.15, -0.1) is 0 Å². The molecule has 0 spiro atoms. The summed E-state index contributed by atoms with van der Waals surface area (Å²) in [5, 5.41) is 12.8. The summed E-state index contributed by atoms with van der Waals surface area (Å²) in [5.41, 5.74) is 3.76. The Balaban J connectivity index is 1.36. The van der Waals surface area contributed by atoms with Crippen LogP contribution in [0.4, 0.5) is 5.69 Å². The molecule has 0 aromatic heterocycles. The van der Waals surface area contributed by atoms with Gasteiger partial charge in [-0.25, -0.2) is 4.79 Å². The van der Waals surface area contributed by atoms with E-state index in [1.54, 1.807) is 36.4 Å². The number of hydrogen-bond acceptors (Lipinski definition) is 4. The number of carbonyl (C=O) groups excluding carboxylic acids is 1. The third-order valence-corrected chi connectivity index (χ3v) is 5.43. The van der Waals surface area contributed by atoms with Crippen molar-refractivity contribution < 1.29 is 19.4 Å². The number of rotatable bonds is 10. The first kappa shape index (κ1) is 22.8. The zero-order valence-corrected chi connectivity index (χ0v) is 18.6. The molecule has 1 atom stereocenters. The summed E-state index contributed by atoms with van der Waals surface area (Å²) in [5.74, 6) is -0.295. The van der Waals surface area contributed by atoms with E-state index in [1.807, 2.05) is 72.8 Å². The standard InChI is InChI=1S/C29H25NO4/c31-28(23-9-5-2-6-10-23)24-13-15-25(16-14-24)30-27(29(32)33)19-21-11-17-26(18-12-21)34-20-22-7-3-1-4-8-22/h1-18,27,30H,19-20H2,(H,32,33). The van der Waals surface area contributed by atoms with Crippen LogP contribution in [0.3, 0.4) is 0 Å². The molecular formula is C29H25NO4. The van der Waals surface area contributed by atoms with Crippen LogP contribution in [0.5, 0.6) is 5.75 Å². The zero-order chi connectivity index (χ0) is 23.8. The van der Waals surface area contributed by atoms with Crippen molar-refractivity contribution in [2.45, 2.75) is 19.1 Å². The maximum Gasteiger partial charge on any atom is 0.326 e. The van der Waals surface area contributed by atoms with E-state index >= 15 is 0 Å². The van der Waals surface area contributed by atoms with Gasteiger partial charge in [-0.2, -0.15) is 0 Å². The molecular weight excluding hydrogens is 426 g/mol. The normalized spacial score (nSPS) is 11.4. The highest BCUT2D eigenvalue weighted by atomic mass is 16.5. The molecule has 0 saturated carbocycles. The fourth-order valence-corrected chi connectivity index (χ4v) is 3.57. The highest BCUT2D eigenvalue weighted by molar-refractivity contribution is 6.09. The van der Waals surface area contributed by atoms with Crippen molar-refractivity contribution in [2.24, 2.45) is 0 Å². The summed E-state index contributed by atoms with van der Waals surface area (Å²) < 4.78 is 5.80. The number of ether oxygens (including phenoxy) is 1. The largest absolute Gasteiger partial charge is 0.489 e. The molecule has 1 unspecified atom stereocenters. The van der Waals surface area contributed by atoms with Gasteiger partial charge in [-0.1, -0.05) is 72.8 Å². The van der Waals surface area contributed by atoms with Crippen LogP contribution >= 0.6 is 0 Å². The smallest absolute Gasteiger partial charge is 0.326 e. The average molecular weight is 452 g/mol. The Labute approximate surface area is 198 Å². The molecule has 5 heteroatoms. The topological polar surface area (TPSA) is 75.6 Å². The molecule has 34 heavy (non-hydrogen) atoms. The first-order valence-electron chi connectivity index (χ1n) is 11.0. The SMILES string of the molecule is O=C(c1ccccc1)c1ccc(NC(Cc2ccc(OCc3ccccc3)cc2)C(=O)O)cc1. The maximum absolute atomic E-state index is 12.6. The van der Waals surface area contributed by atoms with Crippen molar-refractivity contribution in [2.75, 3.05) is 5.32 Å². The van der Waals surface area contributed by atoms with E-state index in [2.05, 4.69) is 5.32 Å². The van der Waals surface area contributed by atoms with Crippen molar-refractivity contribution in [1.82, 2.24) is 0 Å². The molecule has 0 fully saturated rings. The van der Waals surface area contributed by atoms with Crippen molar-refractivity contribution in [3.63, 3.8) is 0 Å². The monoisotopic (exact) mass is 451 g/mol. The van der Waals surface area contributed by atoms with E-state index in [0.717, 1.165) is 16.9 Å². The van der Waals surface area contributed by atoms with E-state index in [9.17, 15) is 14.7 Å². The minimum absolute atomic E-state index is 0.0727. The van der Waals surface area contributed by atoms with Crippen molar-refractivity contribution in [1.29, 1.82) is 0 Å². The van der Waals surface area contributed by atoms with Gasteiger partial charge in [0.05, 0.1) is 0 Å². The zero-order valence-electron chi connectivity index (χ0n) is 18.6. The maximum atomic E-state index is 12.6. The molecule has 0 heterocycles. The van der Waals surface area contributed by atoms with Crippen molar-refractivity contribution >= 4 is 17.4 Å². The molecule has 0 aliphatic rings. The van der Waals surface area contributed by atoms with Gasteiger partial charge < -0.3 is 15.2 Å². The Hall–Kier alpha value is -4.38. The number of anilines is 1. The van der Waals surface area contributed by atoms with Crippen LogP contribution < -0.4 is 10.1 Å². The summed E-state index contributed by atoms with van der Waals surface area (Å²) in [6.07, 6.45) is 0.305. The molecule has 0 saturated heterocycles. The third kappa shape index (κ3) is 6.11. The van der Waals surface area contributed by atoms with Gasteiger partial charge in [0.1, 0.15) is 18.4 Å². The predicted octanol–water partition coefficient (Wildman–Crippen LogP) is 5.60. The van der Waals surface area contributed by atoms with Gasteiger partial charge in [0.15, 0.2) is 5.78 Å². The summed E-state index contributed by atoms with van der Waals surface area (Å²) in [7, 11) is 0. The lowest BCUT2D eigenvalue weighted by atomic mass is 10.0. The quantitative estimate of drug-likeness (QED) is 0.307. The van der Waals surface area contributed by atoms with E-state index in [-0.39, 0.29) is 5.78 Å². The van der Waals surface area contributed by atoms with Crippen LogP contribution in [0.2, 0.25) is 0 Å². The Morgan fingerprint density at radius 1 is 0.706 bits per heavy atom. The lowest BCUT2D eigenvalue weighted by molar-refractivity contribution is -0.137. The number of hydrogen-bond donors (Lipinski definition) is 2. The van der Waals surface area contributed by atoms with Crippen molar-refractivity contribution in [3.05, 3.63) is 131 Å². The van der Waals surface area contributed by atoms with Gasteiger partial charge in [0.2, 0.25) is 0 Å². The molecule has 0 aliphatic carbocycles. The molecule has 2 N–H and O–H groups in total. The Morgan fingerprint density at radius 3 is 1.91 bits per heavy atom. The average Bonchev–Trinajstić information content (AvgIpc) is 2.89. The lowest BCUT2D eigenvalue weighted by Gasteiger charge is -2.16. The van der Waals surface area contributed by atoms with E-state index < -0.39 is 12.0 Å². The van der Waals surface area contributed by atoms with Crippen LogP contribution in [0.15, 0.2) is 109 Å². The molecule has 0 amide bonds. The van der Waals surface area contributed by atoms with Gasteiger partial charge in [0, 0.05) is 23.2 Å². The van der Waals surface area contributed by atoms with Gasteiger partial charge in [-0.3, -0.25) is 4.79 Å². The highest BCUT2D eigenvalue weighted by Gasteiger charge is 2.18. The fourth-order valence-electron chi connectivity index (χ4n) is 3.57. The van der Waals surface area contributed by atoms with Crippen LogP contribution in [0.25, 0.3) is 0 Å². The molecule has 0 radical (unpaired) electrons. The minimum atomic E-state index is -0.950. The Bertz CT molecular complexity index is 1220. The van der Waals surface area contributed by atoms with Crippen LogP contribution in [0.1, 0.15) is 27.0 Å². The Kier molecular flexibility index (Phi) is 7.35. The molecule has 170 valence electrons. The number of ketones is 1. The second kappa shape index (κ2) is 11.0. The summed E-state index contributed by atoms with van der Waals surface area (Å²) in [6.45, 7) is 0.474. The lowest BCUT2D eigenvalue weighted by Crippen LogP contribution is -2.31. The number of nitrogens with one attached hydrogen (secondary N) is 1. The van der Waals surface area contributed by atoms with Crippen LogP contribution in [-0.2, 0) is 17.8 Å². The van der Waals surface area contributed by atoms with Crippen LogP contribution in [0, 0.1) is 0 Å². The number of carboxylic acid groups (broad SMARTS) is 1. The number of benzene rings is 4. The van der Waals surface area contributed by atoms with Gasteiger partial charge in [-0.05, 0) is 47.5 Å². The van der Waals surface area contributed by atoms with Crippen LogP contribution in [-0.4, -0.2) is 22.9 Å². The van der Waals surface area contributed by atoms with Gasteiger partial charge in [0.25, 0.3) is 0 Å². The Morgan fingerprint density at radius 2 is 1.29 bits per heavy atom. The molecule has 4 aromatic carbocycles. The molecule has 0 aliphatic heterocycles. The fraction of sp³-hybridized carbons (Fsp3) is 0.103. The summed E-state index contributed by atoms with van der Waals surface area (Å²) >= 11 is 0. The molecule has 4 aromatic rings. The summed E-state index contributed by atoms with van der Waals surface area (Å²) in [6, 6.07) is 32.4. The molecule has 4 rings (SSSR count). The number of carbonyl (C=O) groups is 2. The van der Waals surface area contributed by atoms with E-state index in [1.165, 1.54) is 0 Å². The first-order valence-corrected chi connectivity index (χ1v) is 11.0. The van der Waals surface area contributed by atoms with Gasteiger partial charge >= 0.3 is 5.97 Å². The second-order valence-electron chi connectivity index (χ2n) is 7.93. The van der Waals surface area contributed by atoms with Crippen molar-refractivity contribution in [3.8, 4) is 5.75 Å². The highest BCUT2D eigenvalue weighted by Crippen LogP contribution is 2.18.